The predicted molar refractivity (Wildman–Crippen MR) is 103 cm³/mol. The van der Waals surface area contributed by atoms with Gasteiger partial charge < -0.3 is 9.80 Å². The summed E-state index contributed by atoms with van der Waals surface area (Å²) in [6.07, 6.45) is 9.66. The van der Waals surface area contributed by atoms with Crippen molar-refractivity contribution in [3.63, 3.8) is 0 Å². The summed E-state index contributed by atoms with van der Waals surface area (Å²) in [4.78, 5) is 35.8. The topological polar surface area (TPSA) is 56.8 Å². The monoisotopic (exact) mass is 370 g/mol. The van der Waals surface area contributed by atoms with E-state index in [1.165, 1.54) is 12.8 Å². The fourth-order valence-electron chi connectivity index (χ4n) is 4.94. The Morgan fingerprint density at radius 1 is 1.11 bits per heavy atom. The maximum Gasteiger partial charge on any atom is 0.236 e. The second-order valence-electron chi connectivity index (χ2n) is 8.51. The van der Waals surface area contributed by atoms with Crippen LogP contribution in [-0.2, 0) is 16.1 Å². The number of piperidine rings is 2. The predicted octanol–water partition coefficient (Wildman–Crippen LogP) is 1.91. The summed E-state index contributed by atoms with van der Waals surface area (Å²) in [6, 6.07) is 3.94. The molecule has 3 saturated heterocycles. The fraction of sp³-hybridized carbons (Fsp3) is 0.667. The van der Waals surface area contributed by atoms with E-state index in [2.05, 4.69) is 14.8 Å². The van der Waals surface area contributed by atoms with Gasteiger partial charge in [-0.2, -0.15) is 0 Å². The van der Waals surface area contributed by atoms with Crippen LogP contribution in [-0.4, -0.2) is 70.8 Å². The lowest BCUT2D eigenvalue weighted by molar-refractivity contribution is -0.144. The highest BCUT2D eigenvalue weighted by Crippen LogP contribution is 2.39. The lowest BCUT2D eigenvalue weighted by Gasteiger charge is -2.48. The highest BCUT2D eigenvalue weighted by atomic mass is 16.2. The average molecular weight is 370 g/mol. The quantitative estimate of drug-likeness (QED) is 0.812. The van der Waals surface area contributed by atoms with E-state index in [1.54, 1.807) is 6.20 Å². The second kappa shape index (κ2) is 7.97. The van der Waals surface area contributed by atoms with Gasteiger partial charge in [0.05, 0.1) is 6.54 Å². The van der Waals surface area contributed by atoms with Gasteiger partial charge in [0.15, 0.2) is 0 Å². The first-order valence-corrected chi connectivity index (χ1v) is 10.3. The Labute approximate surface area is 161 Å². The number of rotatable bonds is 4. The first kappa shape index (κ1) is 18.4. The number of hydrogen-bond donors (Lipinski definition) is 0. The van der Waals surface area contributed by atoms with Crippen molar-refractivity contribution in [2.24, 2.45) is 5.41 Å². The molecule has 1 spiro atoms. The van der Waals surface area contributed by atoms with Crippen molar-refractivity contribution in [2.75, 3.05) is 39.3 Å². The van der Waals surface area contributed by atoms with Crippen molar-refractivity contribution >= 4 is 11.8 Å². The van der Waals surface area contributed by atoms with E-state index in [0.717, 1.165) is 57.5 Å². The molecule has 27 heavy (non-hydrogen) atoms. The van der Waals surface area contributed by atoms with Gasteiger partial charge in [-0.25, -0.2) is 0 Å². The van der Waals surface area contributed by atoms with Gasteiger partial charge in [-0.05, 0) is 56.8 Å². The minimum absolute atomic E-state index is 0.0645. The number of aromatic nitrogens is 1. The van der Waals surface area contributed by atoms with Crippen LogP contribution in [0.3, 0.4) is 0 Å². The number of hydrogen-bond acceptors (Lipinski definition) is 4. The van der Waals surface area contributed by atoms with E-state index in [4.69, 9.17) is 0 Å². The van der Waals surface area contributed by atoms with Crippen LogP contribution in [0.4, 0.5) is 0 Å². The van der Waals surface area contributed by atoms with Crippen LogP contribution in [0.25, 0.3) is 0 Å². The van der Waals surface area contributed by atoms with Crippen molar-refractivity contribution in [2.45, 2.75) is 45.1 Å². The van der Waals surface area contributed by atoms with Crippen LogP contribution < -0.4 is 0 Å². The molecule has 0 saturated carbocycles. The van der Waals surface area contributed by atoms with Crippen molar-refractivity contribution in [1.29, 1.82) is 0 Å². The van der Waals surface area contributed by atoms with Crippen LogP contribution in [0.1, 0.15) is 44.1 Å². The highest BCUT2D eigenvalue weighted by Gasteiger charge is 2.42. The smallest absolute Gasteiger partial charge is 0.236 e. The van der Waals surface area contributed by atoms with Crippen molar-refractivity contribution < 1.29 is 9.59 Å². The molecule has 146 valence electrons. The Balaban J connectivity index is 1.40. The Bertz CT molecular complexity index is 674. The van der Waals surface area contributed by atoms with Crippen LogP contribution in [0.15, 0.2) is 24.5 Å². The molecular formula is C21H30N4O2. The molecule has 2 amide bonds. The molecule has 6 nitrogen and oxygen atoms in total. The van der Waals surface area contributed by atoms with Crippen LogP contribution in [0, 0.1) is 5.41 Å². The summed E-state index contributed by atoms with van der Waals surface area (Å²) in [5.41, 5.74) is 1.13. The SMILES string of the molecule is O=C(CN1CCCC1)N1CCCC2(CCC(=O)N(Cc3cccnc3)C2)C1. The summed E-state index contributed by atoms with van der Waals surface area (Å²) in [5, 5.41) is 0. The Kier molecular flexibility index (Phi) is 5.43. The first-order valence-electron chi connectivity index (χ1n) is 10.3. The number of carbonyl (C=O) groups is 2. The zero-order chi connectivity index (χ0) is 18.7. The van der Waals surface area contributed by atoms with Gasteiger partial charge in [0, 0.05) is 50.4 Å². The number of pyridine rings is 1. The maximum atomic E-state index is 12.8. The molecule has 3 aliphatic rings. The molecule has 6 heteroatoms. The molecule has 4 rings (SSSR count). The lowest BCUT2D eigenvalue weighted by Crippen LogP contribution is -2.55. The summed E-state index contributed by atoms with van der Waals surface area (Å²) in [5.74, 6) is 0.497. The van der Waals surface area contributed by atoms with Crippen LogP contribution in [0.2, 0.25) is 0 Å². The van der Waals surface area contributed by atoms with Crippen molar-refractivity contribution in [1.82, 2.24) is 19.7 Å². The molecule has 3 fully saturated rings. The molecule has 1 unspecified atom stereocenters. The summed E-state index contributed by atoms with van der Waals surface area (Å²) >= 11 is 0. The van der Waals surface area contributed by atoms with E-state index in [0.29, 0.717) is 19.5 Å². The van der Waals surface area contributed by atoms with E-state index in [9.17, 15) is 9.59 Å². The molecule has 0 radical (unpaired) electrons. The summed E-state index contributed by atoms with van der Waals surface area (Å²) in [6.45, 7) is 5.72. The second-order valence-corrected chi connectivity index (χ2v) is 8.51. The lowest BCUT2D eigenvalue weighted by atomic mass is 9.73. The molecular weight excluding hydrogens is 340 g/mol. The van der Waals surface area contributed by atoms with E-state index in [-0.39, 0.29) is 17.2 Å². The van der Waals surface area contributed by atoms with Gasteiger partial charge in [-0.15, -0.1) is 0 Å². The minimum atomic E-state index is 0.0645. The fourth-order valence-corrected chi connectivity index (χ4v) is 4.94. The van der Waals surface area contributed by atoms with E-state index in [1.807, 2.05) is 23.2 Å². The van der Waals surface area contributed by atoms with Crippen molar-refractivity contribution in [3.05, 3.63) is 30.1 Å². The van der Waals surface area contributed by atoms with Gasteiger partial charge >= 0.3 is 0 Å². The molecule has 0 N–H and O–H groups in total. The first-order chi connectivity index (χ1) is 13.1. The van der Waals surface area contributed by atoms with Gasteiger partial charge in [0.2, 0.25) is 11.8 Å². The molecule has 0 aliphatic carbocycles. The summed E-state index contributed by atoms with van der Waals surface area (Å²) < 4.78 is 0. The van der Waals surface area contributed by atoms with E-state index < -0.39 is 0 Å². The molecule has 3 aliphatic heterocycles. The van der Waals surface area contributed by atoms with Gasteiger partial charge in [0.1, 0.15) is 0 Å². The summed E-state index contributed by atoms with van der Waals surface area (Å²) in [7, 11) is 0. The molecule has 0 aromatic carbocycles. The third kappa shape index (κ3) is 4.32. The molecule has 1 aromatic heterocycles. The Morgan fingerprint density at radius 2 is 1.96 bits per heavy atom. The Morgan fingerprint density at radius 3 is 2.74 bits per heavy atom. The maximum absolute atomic E-state index is 12.8. The normalized spacial score (nSPS) is 26.7. The van der Waals surface area contributed by atoms with Gasteiger partial charge in [0.25, 0.3) is 0 Å². The molecule has 4 heterocycles. The number of likely N-dealkylation sites (tertiary alicyclic amines) is 3. The number of carbonyl (C=O) groups excluding carboxylic acids is 2. The largest absolute Gasteiger partial charge is 0.341 e. The number of amides is 2. The van der Waals surface area contributed by atoms with Gasteiger partial charge in [-0.1, -0.05) is 6.07 Å². The molecule has 0 bridgehead atoms. The third-order valence-electron chi connectivity index (χ3n) is 6.42. The van der Waals surface area contributed by atoms with Crippen molar-refractivity contribution in [3.8, 4) is 0 Å². The Hall–Kier alpha value is -1.95. The van der Waals surface area contributed by atoms with Crippen LogP contribution >= 0.6 is 0 Å². The standard InChI is InChI=1S/C21H30N4O2/c26-19-6-8-21(17-25(19)14-18-5-3-9-22-13-18)7-4-12-24(16-21)20(27)15-23-10-1-2-11-23/h3,5,9,13H,1-2,4,6-8,10-12,14-17H2. The highest BCUT2D eigenvalue weighted by molar-refractivity contribution is 5.79. The van der Waals surface area contributed by atoms with Crippen LogP contribution in [0.5, 0.6) is 0 Å². The average Bonchev–Trinajstić information content (AvgIpc) is 3.19. The molecule has 1 atom stereocenters. The van der Waals surface area contributed by atoms with E-state index >= 15 is 0 Å². The third-order valence-corrected chi connectivity index (χ3v) is 6.42. The number of nitrogens with zero attached hydrogens (tertiary/aromatic N) is 4. The zero-order valence-electron chi connectivity index (χ0n) is 16.1. The minimum Gasteiger partial charge on any atom is -0.341 e. The van der Waals surface area contributed by atoms with Gasteiger partial charge in [-0.3, -0.25) is 19.5 Å². The zero-order valence-corrected chi connectivity index (χ0v) is 16.1. The molecule has 1 aromatic rings.